The van der Waals surface area contributed by atoms with Gasteiger partial charge in [-0.3, -0.25) is 4.99 Å². The van der Waals surface area contributed by atoms with E-state index in [2.05, 4.69) is 4.99 Å². The van der Waals surface area contributed by atoms with Gasteiger partial charge in [-0.15, -0.1) is 0 Å². The zero-order valence-corrected chi connectivity index (χ0v) is 10.9. The SMILES string of the molecule is C/C=C\c1oc(/C=C\C)c(/N=C\C)c1/C=C\C. The van der Waals surface area contributed by atoms with Crippen LogP contribution in [0.4, 0.5) is 5.69 Å². The first-order valence-electron chi connectivity index (χ1n) is 5.82. The van der Waals surface area contributed by atoms with Crippen molar-refractivity contribution >= 4 is 30.1 Å². The van der Waals surface area contributed by atoms with E-state index in [4.69, 9.17) is 4.42 Å². The van der Waals surface area contributed by atoms with Crippen molar-refractivity contribution in [3.63, 3.8) is 0 Å². The van der Waals surface area contributed by atoms with Crippen molar-refractivity contribution in [3.8, 4) is 0 Å². The first-order chi connectivity index (χ1) is 8.28. The molecule has 0 amide bonds. The second-order valence-electron chi connectivity index (χ2n) is 3.48. The Balaban J connectivity index is 3.47. The molecule has 0 spiro atoms. The maximum absolute atomic E-state index is 5.79. The van der Waals surface area contributed by atoms with Gasteiger partial charge in [0.25, 0.3) is 0 Å². The van der Waals surface area contributed by atoms with Crippen molar-refractivity contribution < 1.29 is 4.42 Å². The molecular formula is C15H19NO. The second kappa shape index (κ2) is 6.69. The average Bonchev–Trinajstić information content (AvgIpc) is 2.61. The molecule has 0 saturated heterocycles. The number of hydrogen-bond acceptors (Lipinski definition) is 2. The fourth-order valence-corrected chi connectivity index (χ4v) is 1.60. The van der Waals surface area contributed by atoms with Crippen LogP contribution < -0.4 is 0 Å². The van der Waals surface area contributed by atoms with Crippen molar-refractivity contribution in [2.75, 3.05) is 0 Å². The predicted molar refractivity (Wildman–Crippen MR) is 76.7 cm³/mol. The third-order valence-electron chi connectivity index (χ3n) is 2.20. The van der Waals surface area contributed by atoms with Crippen LogP contribution in [0.3, 0.4) is 0 Å². The molecule has 0 atom stereocenters. The lowest BCUT2D eigenvalue weighted by Crippen LogP contribution is -1.73. The van der Waals surface area contributed by atoms with Gasteiger partial charge in [-0.25, -0.2) is 0 Å². The highest BCUT2D eigenvalue weighted by molar-refractivity contribution is 5.80. The van der Waals surface area contributed by atoms with E-state index < -0.39 is 0 Å². The van der Waals surface area contributed by atoms with Crippen LogP contribution in [0.15, 0.2) is 27.6 Å². The van der Waals surface area contributed by atoms with Gasteiger partial charge >= 0.3 is 0 Å². The number of furan rings is 1. The number of nitrogens with zero attached hydrogens (tertiary/aromatic N) is 1. The average molecular weight is 229 g/mol. The third-order valence-corrected chi connectivity index (χ3v) is 2.20. The molecule has 90 valence electrons. The molecule has 0 aromatic carbocycles. The van der Waals surface area contributed by atoms with Crippen molar-refractivity contribution in [1.29, 1.82) is 0 Å². The van der Waals surface area contributed by atoms with Gasteiger partial charge in [-0.1, -0.05) is 24.3 Å². The van der Waals surface area contributed by atoms with E-state index in [0.29, 0.717) is 0 Å². The molecule has 0 aliphatic heterocycles. The maximum Gasteiger partial charge on any atom is 0.153 e. The summed E-state index contributed by atoms with van der Waals surface area (Å²) in [6, 6.07) is 0. The second-order valence-corrected chi connectivity index (χ2v) is 3.48. The van der Waals surface area contributed by atoms with Crippen molar-refractivity contribution in [1.82, 2.24) is 0 Å². The summed E-state index contributed by atoms with van der Waals surface area (Å²) < 4.78 is 5.79. The van der Waals surface area contributed by atoms with Gasteiger partial charge in [0.1, 0.15) is 11.4 Å². The van der Waals surface area contributed by atoms with Crippen LogP contribution in [0.2, 0.25) is 0 Å². The Hall–Kier alpha value is -1.83. The molecular weight excluding hydrogens is 210 g/mol. The molecule has 1 aromatic rings. The topological polar surface area (TPSA) is 25.5 Å². The summed E-state index contributed by atoms with van der Waals surface area (Å²) in [6.07, 6.45) is 13.6. The third kappa shape index (κ3) is 3.06. The Morgan fingerprint density at radius 2 is 1.41 bits per heavy atom. The molecule has 1 heterocycles. The zero-order valence-electron chi connectivity index (χ0n) is 10.9. The molecule has 0 radical (unpaired) electrons. The van der Waals surface area contributed by atoms with E-state index in [1.54, 1.807) is 6.21 Å². The summed E-state index contributed by atoms with van der Waals surface area (Å²) in [6.45, 7) is 7.83. The monoisotopic (exact) mass is 229 g/mol. The highest BCUT2D eigenvalue weighted by atomic mass is 16.3. The molecule has 2 nitrogen and oxygen atoms in total. The Kier molecular flexibility index (Phi) is 5.21. The number of allylic oxidation sites excluding steroid dienone is 3. The quantitative estimate of drug-likeness (QED) is 0.659. The molecule has 1 rings (SSSR count). The number of rotatable bonds is 4. The number of aliphatic imine (C=N–C) groups is 1. The minimum Gasteiger partial charge on any atom is -0.454 e. The lowest BCUT2D eigenvalue weighted by Gasteiger charge is -1.92. The first kappa shape index (κ1) is 13.2. The molecule has 0 bridgehead atoms. The van der Waals surface area contributed by atoms with Crippen LogP contribution >= 0.6 is 0 Å². The molecule has 0 fully saturated rings. The van der Waals surface area contributed by atoms with Crippen molar-refractivity contribution in [2.24, 2.45) is 4.99 Å². The highest BCUT2D eigenvalue weighted by Gasteiger charge is 2.13. The minimum atomic E-state index is 0.798. The molecule has 1 aromatic heterocycles. The summed E-state index contributed by atoms with van der Waals surface area (Å²) in [7, 11) is 0. The molecule has 0 saturated carbocycles. The zero-order chi connectivity index (χ0) is 12.7. The van der Waals surface area contributed by atoms with E-state index in [0.717, 1.165) is 22.8 Å². The standard InChI is InChI=1S/C15H19NO/c1-5-9-12-13(10-6-2)17-14(11-7-3)15(12)16-8-4/h5-11H,1-4H3/b9-5-,10-6-,11-7-,16-8-. The fraction of sp³-hybridized carbons (Fsp3) is 0.267. The largest absolute Gasteiger partial charge is 0.454 e. The van der Waals surface area contributed by atoms with Gasteiger partial charge in [0.05, 0.1) is 0 Å². The molecule has 0 aliphatic carbocycles. The van der Waals surface area contributed by atoms with Gasteiger partial charge in [-0.2, -0.15) is 0 Å². The summed E-state index contributed by atoms with van der Waals surface area (Å²) in [5.74, 6) is 1.64. The minimum absolute atomic E-state index is 0.798. The van der Waals surface area contributed by atoms with Gasteiger partial charge in [0.2, 0.25) is 0 Å². The predicted octanol–water partition coefficient (Wildman–Crippen LogP) is 5.10. The Labute approximate surface area is 103 Å². The molecule has 17 heavy (non-hydrogen) atoms. The van der Waals surface area contributed by atoms with Crippen LogP contribution in [0.1, 0.15) is 44.8 Å². The van der Waals surface area contributed by atoms with Gasteiger partial charge < -0.3 is 4.42 Å². The number of hydrogen-bond donors (Lipinski definition) is 0. The smallest absolute Gasteiger partial charge is 0.153 e. The summed E-state index contributed by atoms with van der Waals surface area (Å²) in [5.41, 5.74) is 1.91. The summed E-state index contributed by atoms with van der Waals surface area (Å²) in [4.78, 5) is 4.39. The van der Waals surface area contributed by atoms with Crippen LogP contribution in [0.25, 0.3) is 18.2 Å². The lowest BCUT2D eigenvalue weighted by atomic mass is 10.1. The van der Waals surface area contributed by atoms with Gasteiger partial charge in [-0.05, 0) is 39.8 Å². The van der Waals surface area contributed by atoms with Crippen LogP contribution in [-0.4, -0.2) is 6.21 Å². The first-order valence-corrected chi connectivity index (χ1v) is 5.82. The van der Waals surface area contributed by atoms with Crippen LogP contribution in [-0.2, 0) is 0 Å². The van der Waals surface area contributed by atoms with E-state index in [9.17, 15) is 0 Å². The summed E-state index contributed by atoms with van der Waals surface area (Å²) >= 11 is 0. The van der Waals surface area contributed by atoms with Gasteiger partial charge in [0, 0.05) is 11.8 Å². The molecule has 2 heteroatoms. The Morgan fingerprint density at radius 1 is 0.824 bits per heavy atom. The van der Waals surface area contributed by atoms with Crippen LogP contribution in [0.5, 0.6) is 0 Å². The van der Waals surface area contributed by atoms with Crippen LogP contribution in [0, 0.1) is 0 Å². The van der Waals surface area contributed by atoms with E-state index in [1.165, 1.54) is 0 Å². The fourth-order valence-electron chi connectivity index (χ4n) is 1.60. The van der Waals surface area contributed by atoms with E-state index in [1.807, 2.05) is 64.2 Å². The highest BCUT2D eigenvalue weighted by Crippen LogP contribution is 2.34. The van der Waals surface area contributed by atoms with Crippen molar-refractivity contribution in [3.05, 3.63) is 35.3 Å². The normalized spacial score (nSPS) is 12.9. The van der Waals surface area contributed by atoms with E-state index >= 15 is 0 Å². The lowest BCUT2D eigenvalue weighted by molar-refractivity contribution is 0.547. The van der Waals surface area contributed by atoms with Gasteiger partial charge in [0.15, 0.2) is 5.76 Å². The van der Waals surface area contributed by atoms with Crippen molar-refractivity contribution in [2.45, 2.75) is 27.7 Å². The maximum atomic E-state index is 5.79. The Bertz CT molecular complexity index is 431. The molecule has 0 N–H and O–H groups in total. The molecule has 0 aliphatic rings. The Morgan fingerprint density at radius 3 is 1.94 bits per heavy atom. The molecule has 0 unspecified atom stereocenters. The summed E-state index contributed by atoms with van der Waals surface area (Å²) in [5, 5.41) is 0. The van der Waals surface area contributed by atoms with E-state index in [-0.39, 0.29) is 0 Å².